The van der Waals surface area contributed by atoms with Crippen molar-refractivity contribution in [2.24, 2.45) is 5.92 Å². The molecule has 1 aliphatic rings. The molecule has 1 fully saturated rings. The monoisotopic (exact) mass is 460 g/mol. The number of aryl methyl sites for hydroxylation is 1. The van der Waals surface area contributed by atoms with Crippen molar-refractivity contribution in [3.63, 3.8) is 0 Å². The van der Waals surface area contributed by atoms with Gasteiger partial charge in [-0.15, -0.1) is 6.42 Å². The van der Waals surface area contributed by atoms with Gasteiger partial charge in [0.1, 0.15) is 12.3 Å². The summed E-state index contributed by atoms with van der Waals surface area (Å²) in [5.74, 6) is 2.46. The van der Waals surface area contributed by atoms with Crippen molar-refractivity contribution in [3.8, 4) is 12.3 Å². The Morgan fingerprint density at radius 3 is 2.29 bits per heavy atom. The zero-order valence-corrected chi connectivity index (χ0v) is 19.3. The Bertz CT molecular complexity index is 1260. The first kappa shape index (κ1) is 23.7. The van der Waals surface area contributed by atoms with E-state index in [0.29, 0.717) is 18.8 Å². The Hall–Kier alpha value is -3.44. The summed E-state index contributed by atoms with van der Waals surface area (Å²) >= 11 is 0. The number of aromatic nitrogens is 2. The van der Waals surface area contributed by atoms with Crippen LogP contribution in [0.2, 0.25) is 0 Å². The lowest BCUT2D eigenvalue weighted by Crippen LogP contribution is -2.45. The van der Waals surface area contributed by atoms with Crippen LogP contribution in [0.4, 0.5) is 0 Å². The third kappa shape index (κ3) is 4.90. The van der Waals surface area contributed by atoms with Crippen LogP contribution in [-0.2, 0) is 27.4 Å². The number of benzene rings is 2. The summed E-state index contributed by atoms with van der Waals surface area (Å²) < 4.78 is 20.1. The molecule has 1 aliphatic heterocycles. The van der Waals surface area contributed by atoms with Crippen LogP contribution in [0.3, 0.4) is 0 Å². The Morgan fingerprint density at radius 1 is 1.06 bits per heavy atom. The number of ether oxygens (including phenoxy) is 3. The number of terminal acetylenes is 1. The largest absolute Gasteiger partial charge is 0.373 e. The van der Waals surface area contributed by atoms with Gasteiger partial charge in [-0.05, 0) is 18.1 Å². The van der Waals surface area contributed by atoms with E-state index in [9.17, 15) is 9.59 Å². The lowest BCUT2D eigenvalue weighted by Gasteiger charge is -2.30. The zero-order chi connectivity index (χ0) is 24.1. The van der Waals surface area contributed by atoms with Gasteiger partial charge in [0.15, 0.2) is 5.60 Å². The molecule has 1 aromatic heterocycles. The van der Waals surface area contributed by atoms with Crippen molar-refractivity contribution in [3.05, 3.63) is 104 Å². The fourth-order valence-corrected chi connectivity index (χ4v) is 4.26. The molecule has 0 radical (unpaired) electrons. The molecule has 34 heavy (non-hydrogen) atoms. The predicted octanol–water partition coefficient (Wildman–Crippen LogP) is 3.18. The maximum absolute atomic E-state index is 12.6. The summed E-state index contributed by atoms with van der Waals surface area (Å²) in [5.41, 5.74) is 0.177. The quantitative estimate of drug-likeness (QED) is 0.522. The molecular formula is C27H28N2O5. The Labute approximate surface area is 198 Å². The van der Waals surface area contributed by atoms with Gasteiger partial charge in [-0.25, -0.2) is 4.79 Å². The van der Waals surface area contributed by atoms with Gasteiger partial charge >= 0.3 is 5.69 Å². The van der Waals surface area contributed by atoms with E-state index in [1.165, 1.54) is 10.8 Å². The predicted molar refractivity (Wildman–Crippen MR) is 128 cm³/mol. The number of hydrogen-bond acceptors (Lipinski definition) is 5. The van der Waals surface area contributed by atoms with Crippen LogP contribution in [0.5, 0.6) is 0 Å². The van der Waals surface area contributed by atoms with Crippen molar-refractivity contribution < 1.29 is 14.2 Å². The third-order valence-electron chi connectivity index (χ3n) is 6.08. The van der Waals surface area contributed by atoms with Crippen LogP contribution in [0.15, 0.2) is 76.4 Å². The van der Waals surface area contributed by atoms with Gasteiger partial charge < -0.3 is 14.2 Å². The molecule has 0 saturated carbocycles. The number of hydrogen-bond donors (Lipinski definition) is 1. The van der Waals surface area contributed by atoms with E-state index >= 15 is 0 Å². The Balaban J connectivity index is 1.62. The molecular weight excluding hydrogens is 432 g/mol. The number of nitrogens with one attached hydrogen (secondary N) is 1. The highest BCUT2D eigenvalue weighted by atomic mass is 16.6. The zero-order valence-electron chi connectivity index (χ0n) is 19.3. The highest BCUT2D eigenvalue weighted by Crippen LogP contribution is 2.43. The highest BCUT2D eigenvalue weighted by molar-refractivity contribution is 5.20. The lowest BCUT2D eigenvalue weighted by molar-refractivity contribution is -0.124. The molecule has 0 aliphatic carbocycles. The van der Waals surface area contributed by atoms with Crippen LogP contribution >= 0.6 is 0 Å². The standard InChI is InChI=1S/C27H28N2O5/c1-4-27(18-32-16-21-11-7-5-8-12-21)23(33-17-22-13-9-6-10-14-22)20(3)25(34-27)29-15-19(2)24(30)28-26(29)31/h1,5-15,20,23,25H,16-18H2,2-3H3,(H,28,30,31)/t20-,23?,25+,27+/m0/s1. The summed E-state index contributed by atoms with van der Waals surface area (Å²) in [7, 11) is 0. The topological polar surface area (TPSA) is 82.5 Å². The maximum Gasteiger partial charge on any atom is 0.330 e. The molecule has 0 spiro atoms. The molecule has 2 heterocycles. The SMILES string of the molecule is C#C[C@]1(COCc2ccccc2)O[C@@H](n2cc(C)c(=O)[nH]c2=O)[C@@H](C)C1OCc1ccccc1. The fourth-order valence-electron chi connectivity index (χ4n) is 4.26. The second-order valence-corrected chi connectivity index (χ2v) is 8.58. The second-order valence-electron chi connectivity index (χ2n) is 8.58. The first-order chi connectivity index (χ1) is 16.4. The van der Waals surface area contributed by atoms with E-state index in [1.54, 1.807) is 6.92 Å². The molecule has 4 atom stereocenters. The second kappa shape index (κ2) is 10.2. The molecule has 7 nitrogen and oxygen atoms in total. The Morgan fingerprint density at radius 2 is 1.68 bits per heavy atom. The van der Waals surface area contributed by atoms with Crippen LogP contribution in [-0.4, -0.2) is 27.9 Å². The number of aromatic amines is 1. The minimum Gasteiger partial charge on any atom is -0.373 e. The van der Waals surface area contributed by atoms with Gasteiger partial charge in [-0.1, -0.05) is 73.5 Å². The summed E-state index contributed by atoms with van der Waals surface area (Å²) in [6.45, 7) is 4.32. The van der Waals surface area contributed by atoms with Gasteiger partial charge in [0.25, 0.3) is 5.56 Å². The van der Waals surface area contributed by atoms with Crippen molar-refractivity contribution >= 4 is 0 Å². The number of rotatable bonds is 8. The summed E-state index contributed by atoms with van der Waals surface area (Å²) in [5, 5.41) is 0. The van der Waals surface area contributed by atoms with Crippen molar-refractivity contribution in [1.82, 2.24) is 9.55 Å². The number of nitrogens with zero attached hydrogens (tertiary/aromatic N) is 1. The molecule has 3 aromatic rings. The normalized spacial score (nSPS) is 24.1. The van der Waals surface area contributed by atoms with E-state index in [-0.39, 0.29) is 12.5 Å². The van der Waals surface area contributed by atoms with Crippen LogP contribution in [0.1, 0.15) is 29.8 Å². The van der Waals surface area contributed by atoms with Crippen LogP contribution < -0.4 is 11.2 Å². The van der Waals surface area contributed by atoms with E-state index < -0.39 is 29.2 Å². The van der Waals surface area contributed by atoms with Gasteiger partial charge in [-0.3, -0.25) is 14.3 Å². The summed E-state index contributed by atoms with van der Waals surface area (Å²) in [4.78, 5) is 26.8. The molecule has 1 N–H and O–H groups in total. The fraction of sp³-hybridized carbons (Fsp3) is 0.333. The van der Waals surface area contributed by atoms with Crippen molar-refractivity contribution in [2.45, 2.75) is 45.0 Å². The average molecular weight is 461 g/mol. The summed E-state index contributed by atoms with van der Waals surface area (Å²) in [6.07, 6.45) is 6.22. The van der Waals surface area contributed by atoms with E-state index in [2.05, 4.69) is 10.9 Å². The van der Waals surface area contributed by atoms with Crippen LogP contribution in [0.25, 0.3) is 0 Å². The summed E-state index contributed by atoms with van der Waals surface area (Å²) in [6, 6.07) is 19.5. The smallest absolute Gasteiger partial charge is 0.330 e. The first-order valence-corrected chi connectivity index (χ1v) is 11.2. The Kier molecular flexibility index (Phi) is 7.13. The van der Waals surface area contributed by atoms with Gasteiger partial charge in [0.05, 0.1) is 19.8 Å². The highest BCUT2D eigenvalue weighted by Gasteiger charge is 2.54. The van der Waals surface area contributed by atoms with Crippen molar-refractivity contribution in [1.29, 1.82) is 0 Å². The molecule has 1 saturated heterocycles. The van der Waals surface area contributed by atoms with Gasteiger partial charge in [0, 0.05) is 17.7 Å². The molecule has 1 unspecified atom stereocenters. The molecule has 176 valence electrons. The minimum absolute atomic E-state index is 0.0791. The van der Waals surface area contributed by atoms with Gasteiger partial charge in [0.2, 0.25) is 0 Å². The van der Waals surface area contributed by atoms with E-state index in [0.717, 1.165) is 11.1 Å². The minimum atomic E-state index is -1.23. The molecule has 2 aromatic carbocycles. The van der Waals surface area contributed by atoms with Crippen LogP contribution in [0, 0.1) is 25.2 Å². The molecule has 4 rings (SSSR count). The number of H-pyrrole nitrogens is 1. The average Bonchev–Trinajstić information content (AvgIpc) is 3.13. The molecule has 0 amide bonds. The first-order valence-electron chi connectivity index (χ1n) is 11.2. The molecule has 0 bridgehead atoms. The third-order valence-corrected chi connectivity index (χ3v) is 6.08. The molecule has 7 heteroatoms. The maximum atomic E-state index is 12.6. The van der Waals surface area contributed by atoms with Crippen molar-refractivity contribution in [2.75, 3.05) is 6.61 Å². The van der Waals surface area contributed by atoms with E-state index in [4.69, 9.17) is 20.6 Å². The van der Waals surface area contributed by atoms with E-state index in [1.807, 2.05) is 67.6 Å². The van der Waals surface area contributed by atoms with Gasteiger partial charge in [-0.2, -0.15) is 0 Å². The lowest BCUT2D eigenvalue weighted by atomic mass is 9.91.